The van der Waals surface area contributed by atoms with Crippen molar-refractivity contribution in [2.45, 2.75) is 13.8 Å². The van der Waals surface area contributed by atoms with Crippen molar-refractivity contribution in [3.05, 3.63) is 47.7 Å². The largest absolute Gasteiger partial charge is 0.354 e. The van der Waals surface area contributed by atoms with Crippen molar-refractivity contribution in [3.8, 4) is 11.1 Å². The van der Waals surface area contributed by atoms with Crippen LogP contribution in [0.4, 0.5) is 5.82 Å². The fourth-order valence-corrected chi connectivity index (χ4v) is 4.10. The lowest BCUT2D eigenvalue weighted by Crippen LogP contribution is -2.49. The molecule has 1 fully saturated rings. The van der Waals surface area contributed by atoms with Crippen LogP contribution in [-0.4, -0.2) is 76.8 Å². The fraction of sp³-hybridized carbons (Fsp3) is 0.455. The standard InChI is InChI=1S/C22H29ClN6/c1-3-26(4-2)11-12-27-13-15-28(16-14-27)21-9-10-24-22-20(17-25-29(21)22)18-5-7-19(23)8-6-18/h5-10,17H,3-4,11-16H2,1-2H3. The summed E-state index contributed by atoms with van der Waals surface area (Å²) >= 11 is 6.04. The van der Waals surface area contributed by atoms with Crippen LogP contribution >= 0.6 is 11.6 Å². The second-order valence-corrected chi connectivity index (χ2v) is 7.90. The summed E-state index contributed by atoms with van der Waals surface area (Å²) in [4.78, 5) is 12.1. The van der Waals surface area contributed by atoms with Crippen LogP contribution in [0.2, 0.25) is 5.02 Å². The van der Waals surface area contributed by atoms with Crippen LogP contribution in [0.1, 0.15) is 13.8 Å². The van der Waals surface area contributed by atoms with E-state index in [0.717, 1.165) is 80.0 Å². The van der Waals surface area contributed by atoms with E-state index < -0.39 is 0 Å². The smallest absolute Gasteiger partial charge is 0.165 e. The molecular weight excluding hydrogens is 384 g/mol. The van der Waals surface area contributed by atoms with Crippen molar-refractivity contribution >= 4 is 23.1 Å². The zero-order valence-corrected chi connectivity index (χ0v) is 18.0. The summed E-state index contributed by atoms with van der Waals surface area (Å²) in [6.45, 7) is 13.2. The molecule has 0 spiro atoms. The molecule has 7 heteroatoms. The summed E-state index contributed by atoms with van der Waals surface area (Å²) in [5.74, 6) is 1.11. The zero-order valence-electron chi connectivity index (χ0n) is 17.3. The van der Waals surface area contributed by atoms with E-state index in [4.69, 9.17) is 11.6 Å². The highest BCUT2D eigenvalue weighted by Gasteiger charge is 2.20. The molecule has 1 aliphatic rings. The van der Waals surface area contributed by atoms with Crippen molar-refractivity contribution in [3.63, 3.8) is 0 Å². The lowest BCUT2D eigenvalue weighted by molar-refractivity contribution is 0.205. The van der Waals surface area contributed by atoms with Crippen molar-refractivity contribution in [2.24, 2.45) is 0 Å². The molecule has 0 radical (unpaired) electrons. The second kappa shape index (κ2) is 9.11. The van der Waals surface area contributed by atoms with Gasteiger partial charge < -0.3 is 9.80 Å². The Labute approximate surface area is 177 Å². The van der Waals surface area contributed by atoms with Crippen LogP contribution in [-0.2, 0) is 0 Å². The van der Waals surface area contributed by atoms with E-state index in [9.17, 15) is 0 Å². The summed E-state index contributed by atoms with van der Waals surface area (Å²) in [7, 11) is 0. The molecule has 154 valence electrons. The minimum absolute atomic E-state index is 0.734. The lowest BCUT2D eigenvalue weighted by Gasteiger charge is -2.36. The minimum atomic E-state index is 0.734. The highest BCUT2D eigenvalue weighted by Crippen LogP contribution is 2.27. The van der Waals surface area contributed by atoms with Crippen LogP contribution in [0, 0.1) is 0 Å². The maximum absolute atomic E-state index is 6.04. The van der Waals surface area contributed by atoms with Gasteiger partial charge in [0.2, 0.25) is 0 Å². The SMILES string of the molecule is CCN(CC)CCN1CCN(c2ccnc3c(-c4ccc(Cl)cc4)cnn23)CC1. The number of fused-ring (bicyclic) bond motifs is 1. The van der Waals surface area contributed by atoms with Gasteiger partial charge in [0.05, 0.1) is 6.20 Å². The van der Waals surface area contributed by atoms with E-state index in [1.54, 1.807) is 0 Å². The Balaban J connectivity index is 1.47. The van der Waals surface area contributed by atoms with Crippen LogP contribution in [0.25, 0.3) is 16.8 Å². The van der Waals surface area contributed by atoms with Gasteiger partial charge in [0.15, 0.2) is 5.65 Å². The highest BCUT2D eigenvalue weighted by atomic mass is 35.5. The molecule has 2 aromatic heterocycles. The average molecular weight is 413 g/mol. The third kappa shape index (κ3) is 4.39. The molecule has 1 aliphatic heterocycles. The first-order chi connectivity index (χ1) is 14.2. The van der Waals surface area contributed by atoms with Gasteiger partial charge in [0.1, 0.15) is 5.82 Å². The predicted molar refractivity (Wildman–Crippen MR) is 120 cm³/mol. The zero-order chi connectivity index (χ0) is 20.2. The molecular formula is C22H29ClN6. The number of anilines is 1. The third-order valence-corrected chi connectivity index (χ3v) is 6.11. The molecule has 0 saturated carbocycles. The molecule has 0 aliphatic carbocycles. The molecule has 0 unspecified atom stereocenters. The molecule has 4 rings (SSSR count). The predicted octanol–water partition coefficient (Wildman–Crippen LogP) is 3.51. The topological polar surface area (TPSA) is 39.9 Å². The van der Waals surface area contributed by atoms with Crippen LogP contribution in [0.5, 0.6) is 0 Å². The molecule has 1 saturated heterocycles. The Bertz CT molecular complexity index is 926. The number of piperazine rings is 1. The van der Waals surface area contributed by atoms with Gasteiger partial charge in [0, 0.05) is 56.1 Å². The van der Waals surface area contributed by atoms with Crippen molar-refractivity contribution < 1.29 is 0 Å². The van der Waals surface area contributed by atoms with E-state index >= 15 is 0 Å². The van der Waals surface area contributed by atoms with E-state index in [-0.39, 0.29) is 0 Å². The van der Waals surface area contributed by atoms with Crippen molar-refractivity contribution in [1.82, 2.24) is 24.4 Å². The van der Waals surface area contributed by atoms with Gasteiger partial charge in [-0.3, -0.25) is 4.90 Å². The molecule has 1 aromatic carbocycles. The van der Waals surface area contributed by atoms with Gasteiger partial charge in [0.25, 0.3) is 0 Å². The molecule has 0 atom stereocenters. The molecule has 29 heavy (non-hydrogen) atoms. The summed E-state index contributed by atoms with van der Waals surface area (Å²) in [6, 6.07) is 9.91. The Morgan fingerprint density at radius 2 is 1.72 bits per heavy atom. The van der Waals surface area contributed by atoms with E-state index in [1.165, 1.54) is 0 Å². The Hall–Kier alpha value is -2.15. The first kappa shape index (κ1) is 20.1. The number of hydrogen-bond donors (Lipinski definition) is 0. The highest BCUT2D eigenvalue weighted by molar-refractivity contribution is 6.30. The second-order valence-electron chi connectivity index (χ2n) is 7.46. The first-order valence-electron chi connectivity index (χ1n) is 10.5. The minimum Gasteiger partial charge on any atom is -0.354 e. The Morgan fingerprint density at radius 1 is 1.00 bits per heavy atom. The van der Waals surface area contributed by atoms with Crippen LogP contribution < -0.4 is 4.90 Å². The summed E-state index contributed by atoms with van der Waals surface area (Å²) in [5, 5.41) is 5.39. The van der Waals surface area contributed by atoms with Gasteiger partial charge in [-0.2, -0.15) is 9.61 Å². The Kier molecular flexibility index (Phi) is 6.33. The molecule has 3 aromatic rings. The summed E-state index contributed by atoms with van der Waals surface area (Å²) in [5.41, 5.74) is 2.99. The van der Waals surface area contributed by atoms with Gasteiger partial charge in [-0.05, 0) is 36.9 Å². The molecule has 0 N–H and O–H groups in total. The van der Waals surface area contributed by atoms with E-state index in [1.807, 2.05) is 41.2 Å². The number of benzene rings is 1. The van der Waals surface area contributed by atoms with Crippen LogP contribution in [0.15, 0.2) is 42.7 Å². The molecule has 0 amide bonds. The monoisotopic (exact) mass is 412 g/mol. The molecule has 6 nitrogen and oxygen atoms in total. The van der Waals surface area contributed by atoms with Gasteiger partial charge in [-0.1, -0.05) is 37.6 Å². The quantitative estimate of drug-likeness (QED) is 0.593. The maximum Gasteiger partial charge on any atom is 0.165 e. The van der Waals surface area contributed by atoms with Gasteiger partial charge in [-0.15, -0.1) is 0 Å². The lowest BCUT2D eigenvalue weighted by atomic mass is 10.1. The molecule has 0 bridgehead atoms. The van der Waals surface area contributed by atoms with E-state index in [2.05, 4.69) is 44.7 Å². The summed E-state index contributed by atoms with van der Waals surface area (Å²) in [6.07, 6.45) is 3.79. The maximum atomic E-state index is 6.04. The number of likely N-dealkylation sites (N-methyl/N-ethyl adjacent to an activating group) is 1. The first-order valence-corrected chi connectivity index (χ1v) is 10.9. The number of rotatable bonds is 7. The number of halogens is 1. The Morgan fingerprint density at radius 3 is 2.41 bits per heavy atom. The third-order valence-electron chi connectivity index (χ3n) is 5.86. The molecule has 3 heterocycles. The van der Waals surface area contributed by atoms with Gasteiger partial charge >= 0.3 is 0 Å². The van der Waals surface area contributed by atoms with E-state index in [0.29, 0.717) is 0 Å². The van der Waals surface area contributed by atoms with Crippen LogP contribution in [0.3, 0.4) is 0 Å². The van der Waals surface area contributed by atoms with Crippen molar-refractivity contribution in [1.29, 1.82) is 0 Å². The normalized spacial score (nSPS) is 15.5. The average Bonchev–Trinajstić information content (AvgIpc) is 3.20. The fourth-order valence-electron chi connectivity index (χ4n) is 3.97. The number of hydrogen-bond acceptors (Lipinski definition) is 5. The van der Waals surface area contributed by atoms with Crippen molar-refractivity contribution in [2.75, 3.05) is 57.3 Å². The number of nitrogens with zero attached hydrogens (tertiary/aromatic N) is 6. The summed E-state index contributed by atoms with van der Waals surface area (Å²) < 4.78 is 1.97. The van der Waals surface area contributed by atoms with Gasteiger partial charge in [-0.25, -0.2) is 4.98 Å². The number of aromatic nitrogens is 3.